The molecule has 102 valence electrons. The Morgan fingerprint density at radius 1 is 1.26 bits per heavy atom. The molecule has 0 spiro atoms. The monoisotopic (exact) mass is 261 g/mol. The standard InChI is InChI=1S/C14H19N3O2/c1-3-5-7-17-14(19)12-8-11(9-15-10-12)13(18)16-6-4-2/h4,8-10H,2-3,5-7H2,1H3,(H,16,18)(H,17,19). The maximum Gasteiger partial charge on any atom is 0.253 e. The first kappa shape index (κ1) is 14.9. The van der Waals surface area contributed by atoms with Crippen LogP contribution in [0.15, 0.2) is 31.1 Å². The van der Waals surface area contributed by atoms with Gasteiger partial charge in [0.1, 0.15) is 0 Å². The molecule has 0 saturated heterocycles. The zero-order valence-corrected chi connectivity index (χ0v) is 11.1. The highest BCUT2D eigenvalue weighted by Crippen LogP contribution is 2.03. The molecule has 0 aromatic carbocycles. The predicted octanol–water partition coefficient (Wildman–Crippen LogP) is 1.53. The quantitative estimate of drug-likeness (QED) is 0.577. The van der Waals surface area contributed by atoms with Crippen molar-refractivity contribution in [1.29, 1.82) is 0 Å². The van der Waals surface area contributed by atoms with Crippen molar-refractivity contribution < 1.29 is 9.59 Å². The van der Waals surface area contributed by atoms with Crippen LogP contribution in [0.5, 0.6) is 0 Å². The Bertz CT molecular complexity index is 458. The number of aromatic nitrogens is 1. The lowest BCUT2D eigenvalue weighted by Crippen LogP contribution is -2.26. The lowest BCUT2D eigenvalue weighted by Gasteiger charge is -2.06. The van der Waals surface area contributed by atoms with E-state index in [1.807, 2.05) is 0 Å². The second-order valence-electron chi connectivity index (χ2n) is 4.07. The van der Waals surface area contributed by atoms with E-state index in [1.54, 1.807) is 6.08 Å². The molecule has 19 heavy (non-hydrogen) atoms. The molecule has 1 aromatic rings. The van der Waals surface area contributed by atoms with Crippen LogP contribution in [0.3, 0.4) is 0 Å². The summed E-state index contributed by atoms with van der Waals surface area (Å²) in [6.45, 7) is 6.58. The van der Waals surface area contributed by atoms with Crippen LogP contribution in [-0.2, 0) is 0 Å². The average Bonchev–Trinajstić information content (AvgIpc) is 2.45. The van der Waals surface area contributed by atoms with Crippen molar-refractivity contribution in [1.82, 2.24) is 15.6 Å². The molecule has 0 bridgehead atoms. The van der Waals surface area contributed by atoms with E-state index in [2.05, 4.69) is 29.1 Å². The number of hydrogen-bond acceptors (Lipinski definition) is 3. The zero-order chi connectivity index (χ0) is 14.1. The van der Waals surface area contributed by atoms with Crippen molar-refractivity contribution in [3.63, 3.8) is 0 Å². The van der Waals surface area contributed by atoms with Crippen molar-refractivity contribution in [3.8, 4) is 0 Å². The van der Waals surface area contributed by atoms with Gasteiger partial charge in [0.15, 0.2) is 0 Å². The Kier molecular flexibility index (Phi) is 6.29. The maximum atomic E-state index is 11.8. The Hall–Kier alpha value is -2.17. The number of rotatable bonds is 7. The van der Waals surface area contributed by atoms with Crippen molar-refractivity contribution in [2.24, 2.45) is 0 Å². The summed E-state index contributed by atoms with van der Waals surface area (Å²) in [5.41, 5.74) is 0.757. The van der Waals surface area contributed by atoms with Gasteiger partial charge in [0.25, 0.3) is 11.8 Å². The first-order valence-electron chi connectivity index (χ1n) is 6.31. The fourth-order valence-electron chi connectivity index (χ4n) is 1.44. The molecule has 1 aromatic heterocycles. The minimum atomic E-state index is -0.268. The number of hydrogen-bond donors (Lipinski definition) is 2. The van der Waals surface area contributed by atoms with E-state index in [1.165, 1.54) is 18.5 Å². The van der Waals surface area contributed by atoms with Gasteiger partial charge >= 0.3 is 0 Å². The Morgan fingerprint density at radius 2 is 1.89 bits per heavy atom. The van der Waals surface area contributed by atoms with Gasteiger partial charge in [-0.3, -0.25) is 14.6 Å². The van der Waals surface area contributed by atoms with Crippen LogP contribution in [0.2, 0.25) is 0 Å². The van der Waals surface area contributed by atoms with Crippen LogP contribution >= 0.6 is 0 Å². The van der Waals surface area contributed by atoms with Crippen molar-refractivity contribution in [3.05, 3.63) is 42.2 Å². The van der Waals surface area contributed by atoms with Gasteiger partial charge in [0.05, 0.1) is 11.1 Å². The van der Waals surface area contributed by atoms with Crippen LogP contribution in [0.1, 0.15) is 40.5 Å². The molecule has 0 aliphatic carbocycles. The minimum absolute atomic E-state index is 0.209. The van der Waals surface area contributed by atoms with Crippen LogP contribution in [-0.4, -0.2) is 29.9 Å². The molecule has 2 amide bonds. The molecule has 0 unspecified atom stereocenters. The summed E-state index contributed by atoms with van der Waals surface area (Å²) in [6.07, 6.45) is 6.42. The molecule has 0 radical (unpaired) electrons. The molecule has 1 heterocycles. The molecule has 0 fully saturated rings. The fraction of sp³-hybridized carbons (Fsp3) is 0.357. The van der Waals surface area contributed by atoms with Gasteiger partial charge in [0, 0.05) is 25.5 Å². The summed E-state index contributed by atoms with van der Waals surface area (Å²) < 4.78 is 0. The second-order valence-corrected chi connectivity index (χ2v) is 4.07. The largest absolute Gasteiger partial charge is 0.352 e. The summed E-state index contributed by atoms with van der Waals surface area (Å²) in [6, 6.07) is 1.53. The molecule has 2 N–H and O–H groups in total. The van der Waals surface area contributed by atoms with Crippen molar-refractivity contribution >= 4 is 11.8 Å². The minimum Gasteiger partial charge on any atom is -0.352 e. The Balaban J connectivity index is 2.68. The highest BCUT2D eigenvalue weighted by atomic mass is 16.2. The van der Waals surface area contributed by atoms with Gasteiger partial charge in [0.2, 0.25) is 0 Å². The van der Waals surface area contributed by atoms with E-state index in [0.717, 1.165) is 12.8 Å². The third-order valence-electron chi connectivity index (χ3n) is 2.49. The smallest absolute Gasteiger partial charge is 0.253 e. The highest BCUT2D eigenvalue weighted by molar-refractivity contribution is 5.99. The number of nitrogens with zero attached hydrogens (tertiary/aromatic N) is 1. The maximum absolute atomic E-state index is 11.8. The van der Waals surface area contributed by atoms with Crippen molar-refractivity contribution in [2.45, 2.75) is 19.8 Å². The molecule has 0 aliphatic rings. The van der Waals surface area contributed by atoms with Gasteiger partial charge in [-0.05, 0) is 12.5 Å². The molecule has 0 aliphatic heterocycles. The number of unbranched alkanes of at least 4 members (excludes halogenated alkanes) is 1. The number of carbonyl (C=O) groups excluding carboxylic acids is 2. The Morgan fingerprint density at radius 3 is 2.47 bits per heavy atom. The van der Waals surface area contributed by atoms with Crippen LogP contribution in [0.25, 0.3) is 0 Å². The molecule has 1 rings (SSSR count). The van der Waals surface area contributed by atoms with E-state index in [4.69, 9.17) is 0 Å². The summed E-state index contributed by atoms with van der Waals surface area (Å²) in [5, 5.41) is 5.42. The topological polar surface area (TPSA) is 71.1 Å². The number of carbonyl (C=O) groups is 2. The first-order valence-corrected chi connectivity index (χ1v) is 6.31. The normalized spacial score (nSPS) is 9.74. The number of amides is 2. The predicted molar refractivity (Wildman–Crippen MR) is 74.0 cm³/mol. The molecule has 5 nitrogen and oxygen atoms in total. The second kappa shape index (κ2) is 8.02. The Labute approximate surface area is 113 Å². The van der Waals surface area contributed by atoms with Gasteiger partial charge in [-0.2, -0.15) is 0 Å². The molecule has 5 heteroatoms. The van der Waals surface area contributed by atoms with Crippen LogP contribution in [0.4, 0.5) is 0 Å². The lowest BCUT2D eigenvalue weighted by molar-refractivity contribution is 0.0952. The SMILES string of the molecule is C=CCNC(=O)c1cncc(C(=O)NCCCC)c1. The van der Waals surface area contributed by atoms with E-state index in [9.17, 15) is 9.59 Å². The fourth-order valence-corrected chi connectivity index (χ4v) is 1.44. The van der Waals surface area contributed by atoms with Gasteiger partial charge in [-0.25, -0.2) is 0 Å². The van der Waals surface area contributed by atoms with Crippen LogP contribution in [0, 0.1) is 0 Å². The van der Waals surface area contributed by atoms with Crippen LogP contribution < -0.4 is 10.6 Å². The molecule has 0 atom stereocenters. The third-order valence-corrected chi connectivity index (χ3v) is 2.49. The van der Waals surface area contributed by atoms with E-state index < -0.39 is 0 Å². The first-order chi connectivity index (χ1) is 9.19. The summed E-state index contributed by atoms with van der Waals surface area (Å²) in [5.74, 6) is -0.477. The molecular formula is C14H19N3O2. The van der Waals surface area contributed by atoms with Gasteiger partial charge < -0.3 is 10.6 Å². The lowest BCUT2D eigenvalue weighted by atomic mass is 10.2. The third kappa shape index (κ3) is 4.91. The van der Waals surface area contributed by atoms with E-state index in [-0.39, 0.29) is 11.8 Å². The summed E-state index contributed by atoms with van der Waals surface area (Å²) in [4.78, 5) is 27.4. The zero-order valence-electron chi connectivity index (χ0n) is 11.1. The van der Waals surface area contributed by atoms with Crippen molar-refractivity contribution in [2.75, 3.05) is 13.1 Å². The van der Waals surface area contributed by atoms with Gasteiger partial charge in [-0.1, -0.05) is 19.4 Å². The number of pyridine rings is 1. The molecule has 0 saturated carbocycles. The van der Waals surface area contributed by atoms with E-state index in [0.29, 0.717) is 24.2 Å². The molecular weight excluding hydrogens is 242 g/mol. The number of nitrogens with one attached hydrogen (secondary N) is 2. The summed E-state index contributed by atoms with van der Waals surface area (Å²) in [7, 11) is 0. The summed E-state index contributed by atoms with van der Waals surface area (Å²) >= 11 is 0. The van der Waals surface area contributed by atoms with Gasteiger partial charge in [-0.15, -0.1) is 6.58 Å². The highest BCUT2D eigenvalue weighted by Gasteiger charge is 2.10. The van der Waals surface area contributed by atoms with E-state index >= 15 is 0 Å². The average molecular weight is 261 g/mol.